The fraction of sp³-hybridized carbons (Fsp3) is 1.00. The standard InChI is InChI=1S/C11H24O3S/c1-5-7-10(3)11(8-6-2)9-14-15(4,12)13/h10-11H,5-9H2,1-4H3. The fourth-order valence-electron chi connectivity index (χ4n) is 1.80. The Morgan fingerprint density at radius 2 is 1.67 bits per heavy atom. The molecule has 0 N–H and O–H groups in total. The van der Waals surface area contributed by atoms with Gasteiger partial charge in [0, 0.05) is 0 Å². The van der Waals surface area contributed by atoms with Crippen molar-refractivity contribution in [2.75, 3.05) is 12.9 Å². The summed E-state index contributed by atoms with van der Waals surface area (Å²) in [4.78, 5) is 0. The summed E-state index contributed by atoms with van der Waals surface area (Å²) < 4.78 is 26.7. The molecule has 0 radical (unpaired) electrons. The molecule has 0 aromatic rings. The highest BCUT2D eigenvalue weighted by molar-refractivity contribution is 7.85. The second-order valence-electron chi connectivity index (χ2n) is 4.30. The number of rotatable bonds is 8. The Morgan fingerprint density at radius 3 is 2.07 bits per heavy atom. The molecule has 4 heteroatoms. The van der Waals surface area contributed by atoms with E-state index in [0.29, 0.717) is 18.4 Å². The molecular formula is C11H24O3S. The Kier molecular flexibility index (Phi) is 7.18. The molecule has 0 fully saturated rings. The zero-order chi connectivity index (χ0) is 11.9. The first-order chi connectivity index (χ1) is 6.90. The largest absolute Gasteiger partial charge is 0.270 e. The Bertz CT molecular complexity index is 247. The van der Waals surface area contributed by atoms with Gasteiger partial charge in [0.05, 0.1) is 12.9 Å². The van der Waals surface area contributed by atoms with E-state index >= 15 is 0 Å². The zero-order valence-corrected chi connectivity index (χ0v) is 11.1. The summed E-state index contributed by atoms with van der Waals surface area (Å²) in [6.45, 7) is 6.78. The zero-order valence-electron chi connectivity index (χ0n) is 10.3. The van der Waals surface area contributed by atoms with Crippen LogP contribution >= 0.6 is 0 Å². The molecule has 2 atom stereocenters. The predicted octanol–water partition coefficient (Wildman–Crippen LogP) is 2.82. The average molecular weight is 236 g/mol. The van der Waals surface area contributed by atoms with E-state index in [1.54, 1.807) is 0 Å². The van der Waals surface area contributed by atoms with E-state index in [1.807, 2.05) is 0 Å². The fourth-order valence-corrected chi connectivity index (χ4v) is 2.23. The maximum atomic E-state index is 10.9. The van der Waals surface area contributed by atoms with Crippen LogP contribution in [0.25, 0.3) is 0 Å². The van der Waals surface area contributed by atoms with Crippen molar-refractivity contribution in [1.82, 2.24) is 0 Å². The van der Waals surface area contributed by atoms with Gasteiger partial charge >= 0.3 is 0 Å². The molecule has 2 unspecified atom stereocenters. The van der Waals surface area contributed by atoms with Gasteiger partial charge in [-0.2, -0.15) is 8.42 Å². The van der Waals surface area contributed by atoms with Gasteiger partial charge in [0.25, 0.3) is 10.1 Å². The van der Waals surface area contributed by atoms with Gasteiger partial charge in [-0.15, -0.1) is 0 Å². The summed E-state index contributed by atoms with van der Waals surface area (Å²) in [6, 6.07) is 0. The highest BCUT2D eigenvalue weighted by atomic mass is 32.2. The number of hydrogen-bond acceptors (Lipinski definition) is 3. The van der Waals surface area contributed by atoms with Crippen LogP contribution in [0.2, 0.25) is 0 Å². The quantitative estimate of drug-likeness (QED) is 0.609. The summed E-state index contributed by atoms with van der Waals surface area (Å²) in [5, 5.41) is 0. The Morgan fingerprint density at radius 1 is 1.13 bits per heavy atom. The highest BCUT2D eigenvalue weighted by Gasteiger charge is 2.18. The summed E-state index contributed by atoms with van der Waals surface area (Å²) in [5.74, 6) is 0.904. The smallest absolute Gasteiger partial charge is 0.264 e. The van der Waals surface area contributed by atoms with Gasteiger partial charge in [0.1, 0.15) is 0 Å². The molecule has 92 valence electrons. The van der Waals surface area contributed by atoms with Gasteiger partial charge in [0.2, 0.25) is 0 Å². The van der Waals surface area contributed by atoms with Crippen molar-refractivity contribution in [1.29, 1.82) is 0 Å². The predicted molar refractivity (Wildman–Crippen MR) is 63.3 cm³/mol. The molecule has 15 heavy (non-hydrogen) atoms. The van der Waals surface area contributed by atoms with Gasteiger partial charge in [0.15, 0.2) is 0 Å². The maximum Gasteiger partial charge on any atom is 0.264 e. The van der Waals surface area contributed by atoms with E-state index in [-0.39, 0.29) is 0 Å². The van der Waals surface area contributed by atoms with Crippen LogP contribution in [0.5, 0.6) is 0 Å². The molecule has 0 aliphatic carbocycles. The van der Waals surface area contributed by atoms with Crippen LogP contribution in [0.3, 0.4) is 0 Å². The third-order valence-electron chi connectivity index (χ3n) is 2.70. The summed E-state index contributed by atoms with van der Waals surface area (Å²) in [5.41, 5.74) is 0. The SMILES string of the molecule is CCCC(C)C(CCC)COS(C)(=O)=O. The van der Waals surface area contributed by atoms with Crippen LogP contribution in [0.4, 0.5) is 0 Å². The molecule has 0 saturated heterocycles. The topological polar surface area (TPSA) is 43.4 Å². The van der Waals surface area contributed by atoms with Gasteiger partial charge < -0.3 is 0 Å². The molecular weight excluding hydrogens is 212 g/mol. The van der Waals surface area contributed by atoms with Crippen molar-refractivity contribution in [3.8, 4) is 0 Å². The first kappa shape index (κ1) is 14.9. The van der Waals surface area contributed by atoms with Crippen molar-refractivity contribution in [2.45, 2.75) is 46.5 Å². The minimum absolute atomic E-state index is 0.341. The van der Waals surface area contributed by atoms with Gasteiger partial charge in [-0.3, -0.25) is 4.18 Å². The van der Waals surface area contributed by atoms with Crippen LogP contribution in [0.15, 0.2) is 0 Å². The molecule has 0 amide bonds. The van der Waals surface area contributed by atoms with Gasteiger partial charge in [-0.1, -0.05) is 40.0 Å². The molecule has 0 aliphatic heterocycles. The second-order valence-corrected chi connectivity index (χ2v) is 5.95. The van der Waals surface area contributed by atoms with E-state index < -0.39 is 10.1 Å². The van der Waals surface area contributed by atoms with Crippen LogP contribution in [0.1, 0.15) is 46.5 Å². The minimum atomic E-state index is -3.29. The van der Waals surface area contributed by atoms with Crippen LogP contribution in [0, 0.1) is 11.8 Å². The van der Waals surface area contributed by atoms with E-state index in [0.717, 1.165) is 31.9 Å². The molecule has 0 spiro atoms. The lowest BCUT2D eigenvalue weighted by molar-refractivity contribution is 0.191. The third kappa shape index (κ3) is 7.79. The van der Waals surface area contributed by atoms with Crippen molar-refractivity contribution in [3.05, 3.63) is 0 Å². The molecule has 0 rings (SSSR count). The first-order valence-electron chi connectivity index (χ1n) is 5.75. The Balaban J connectivity index is 4.14. The number of hydrogen-bond donors (Lipinski definition) is 0. The van der Waals surface area contributed by atoms with Crippen LogP contribution < -0.4 is 0 Å². The average Bonchev–Trinajstić information content (AvgIpc) is 2.11. The van der Waals surface area contributed by atoms with E-state index in [9.17, 15) is 8.42 Å². The van der Waals surface area contributed by atoms with E-state index in [2.05, 4.69) is 20.8 Å². The van der Waals surface area contributed by atoms with Crippen LogP contribution in [-0.2, 0) is 14.3 Å². The maximum absolute atomic E-state index is 10.9. The van der Waals surface area contributed by atoms with Crippen molar-refractivity contribution in [2.24, 2.45) is 11.8 Å². The van der Waals surface area contributed by atoms with Crippen molar-refractivity contribution < 1.29 is 12.6 Å². The summed E-state index contributed by atoms with van der Waals surface area (Å²) in [6.07, 6.45) is 5.50. The molecule has 0 heterocycles. The molecule has 0 saturated carbocycles. The van der Waals surface area contributed by atoms with E-state index in [4.69, 9.17) is 4.18 Å². The lowest BCUT2D eigenvalue weighted by atomic mass is 9.87. The van der Waals surface area contributed by atoms with Crippen LogP contribution in [-0.4, -0.2) is 21.3 Å². The highest BCUT2D eigenvalue weighted by Crippen LogP contribution is 2.22. The van der Waals surface area contributed by atoms with Crippen molar-refractivity contribution in [3.63, 3.8) is 0 Å². The lowest BCUT2D eigenvalue weighted by Crippen LogP contribution is -2.20. The lowest BCUT2D eigenvalue weighted by Gasteiger charge is -2.22. The Hall–Kier alpha value is -0.0900. The normalized spacial score (nSPS) is 16.3. The third-order valence-corrected chi connectivity index (χ3v) is 3.27. The summed E-state index contributed by atoms with van der Waals surface area (Å²) >= 11 is 0. The van der Waals surface area contributed by atoms with Crippen molar-refractivity contribution >= 4 is 10.1 Å². The molecule has 0 aromatic heterocycles. The molecule has 0 bridgehead atoms. The van der Waals surface area contributed by atoms with Gasteiger partial charge in [-0.05, 0) is 18.3 Å². The molecule has 3 nitrogen and oxygen atoms in total. The van der Waals surface area contributed by atoms with Gasteiger partial charge in [-0.25, -0.2) is 0 Å². The second kappa shape index (κ2) is 7.23. The molecule has 0 aromatic carbocycles. The minimum Gasteiger partial charge on any atom is -0.270 e. The van der Waals surface area contributed by atoms with E-state index in [1.165, 1.54) is 0 Å². The first-order valence-corrected chi connectivity index (χ1v) is 7.56. The Labute approximate surface area is 94.3 Å². The monoisotopic (exact) mass is 236 g/mol. The molecule has 0 aliphatic rings. The summed E-state index contributed by atoms with van der Waals surface area (Å²) in [7, 11) is -3.29.